The molecule has 2 aromatic carbocycles. The number of benzene rings is 2. The molecule has 31 heavy (non-hydrogen) atoms. The summed E-state index contributed by atoms with van der Waals surface area (Å²) in [7, 11) is 0. The van der Waals surface area contributed by atoms with Crippen LogP contribution in [0.4, 0.5) is 0 Å². The summed E-state index contributed by atoms with van der Waals surface area (Å²) in [5.41, 5.74) is 5.28. The summed E-state index contributed by atoms with van der Waals surface area (Å²) in [5, 5.41) is 0. The van der Waals surface area contributed by atoms with Gasteiger partial charge in [0, 0.05) is 38.2 Å². The maximum atomic E-state index is 12.9. The monoisotopic (exact) mass is 422 g/mol. The van der Waals surface area contributed by atoms with Gasteiger partial charge in [-0.15, -0.1) is 0 Å². The molecule has 0 atom stereocenters. The number of amides is 2. The molecule has 5 nitrogen and oxygen atoms in total. The van der Waals surface area contributed by atoms with Gasteiger partial charge in [0.1, 0.15) is 5.75 Å². The first-order valence-corrected chi connectivity index (χ1v) is 11.2. The molecule has 166 valence electrons. The summed E-state index contributed by atoms with van der Waals surface area (Å²) in [4.78, 5) is 29.4. The fourth-order valence-electron chi connectivity index (χ4n) is 4.01. The molecule has 1 fully saturated rings. The molecule has 0 aliphatic carbocycles. The van der Waals surface area contributed by atoms with E-state index in [1.54, 1.807) is 0 Å². The zero-order valence-electron chi connectivity index (χ0n) is 19.2. The van der Waals surface area contributed by atoms with E-state index in [1.807, 2.05) is 73.9 Å². The molecule has 1 heterocycles. The van der Waals surface area contributed by atoms with Crippen LogP contribution in [-0.2, 0) is 4.79 Å². The van der Waals surface area contributed by atoms with E-state index < -0.39 is 0 Å². The zero-order chi connectivity index (χ0) is 22.4. The number of hydrogen-bond donors (Lipinski definition) is 0. The highest BCUT2D eigenvalue weighted by Gasteiger charge is 2.23. The highest BCUT2D eigenvalue weighted by atomic mass is 16.5. The van der Waals surface area contributed by atoms with Crippen molar-refractivity contribution in [2.45, 2.75) is 47.0 Å². The van der Waals surface area contributed by atoms with Crippen LogP contribution in [0.3, 0.4) is 0 Å². The Labute approximate surface area is 186 Å². The average molecular weight is 423 g/mol. The number of hydrogen-bond acceptors (Lipinski definition) is 3. The molecule has 1 aliphatic heterocycles. The Kier molecular flexibility index (Phi) is 7.72. The summed E-state index contributed by atoms with van der Waals surface area (Å²) in [6.07, 6.45) is 1.96. The van der Waals surface area contributed by atoms with Crippen LogP contribution in [-0.4, -0.2) is 54.4 Å². The first kappa shape index (κ1) is 22.9. The number of carbonyl (C=O) groups is 2. The van der Waals surface area contributed by atoms with Crippen LogP contribution in [0.5, 0.6) is 5.75 Å². The highest BCUT2D eigenvalue weighted by molar-refractivity contribution is 5.94. The summed E-state index contributed by atoms with van der Waals surface area (Å²) in [6.45, 7) is 11.2. The molecule has 0 bridgehead atoms. The van der Waals surface area contributed by atoms with Crippen molar-refractivity contribution in [3.63, 3.8) is 0 Å². The number of rotatable bonds is 6. The van der Waals surface area contributed by atoms with Gasteiger partial charge in [0.25, 0.3) is 5.91 Å². The first-order valence-electron chi connectivity index (χ1n) is 11.2. The zero-order valence-corrected chi connectivity index (χ0v) is 19.2. The molecule has 0 aromatic heterocycles. The van der Waals surface area contributed by atoms with Crippen LogP contribution in [0.1, 0.15) is 51.9 Å². The third kappa shape index (κ3) is 5.87. The van der Waals surface area contributed by atoms with Crippen LogP contribution in [0.15, 0.2) is 36.4 Å². The Balaban J connectivity index is 1.47. The molecule has 0 unspecified atom stereocenters. The van der Waals surface area contributed by atoms with Gasteiger partial charge in [-0.3, -0.25) is 9.59 Å². The Morgan fingerprint density at radius 1 is 0.839 bits per heavy atom. The lowest BCUT2D eigenvalue weighted by atomic mass is 10.1. The van der Waals surface area contributed by atoms with E-state index in [0.717, 1.165) is 34.4 Å². The van der Waals surface area contributed by atoms with Crippen molar-refractivity contribution < 1.29 is 14.3 Å². The van der Waals surface area contributed by atoms with Gasteiger partial charge < -0.3 is 14.5 Å². The SMILES string of the molecule is Cc1ccc(C(=O)N2CCCN(C(=O)CCCOc3c(C)cccc3C)CC2)cc1C. The van der Waals surface area contributed by atoms with Crippen molar-refractivity contribution >= 4 is 11.8 Å². The lowest BCUT2D eigenvalue weighted by Crippen LogP contribution is -2.37. The summed E-state index contributed by atoms with van der Waals surface area (Å²) in [5.74, 6) is 1.12. The first-order chi connectivity index (χ1) is 14.9. The lowest BCUT2D eigenvalue weighted by Gasteiger charge is -2.22. The van der Waals surface area contributed by atoms with Gasteiger partial charge in [-0.1, -0.05) is 24.3 Å². The van der Waals surface area contributed by atoms with Gasteiger partial charge in [0.15, 0.2) is 0 Å². The van der Waals surface area contributed by atoms with E-state index >= 15 is 0 Å². The molecule has 2 amide bonds. The van der Waals surface area contributed by atoms with Crippen LogP contribution < -0.4 is 4.74 Å². The van der Waals surface area contributed by atoms with Crippen molar-refractivity contribution in [1.82, 2.24) is 9.80 Å². The fraction of sp³-hybridized carbons (Fsp3) is 0.462. The Hall–Kier alpha value is -2.82. The van der Waals surface area contributed by atoms with Crippen molar-refractivity contribution in [3.05, 3.63) is 64.2 Å². The normalized spacial score (nSPS) is 14.3. The Bertz CT molecular complexity index is 918. The van der Waals surface area contributed by atoms with E-state index in [4.69, 9.17) is 4.74 Å². The predicted octanol–water partition coefficient (Wildman–Crippen LogP) is 4.45. The molecule has 0 radical (unpaired) electrons. The molecular formula is C26H34N2O3. The van der Waals surface area contributed by atoms with Crippen LogP contribution in [0, 0.1) is 27.7 Å². The molecule has 5 heteroatoms. The van der Waals surface area contributed by atoms with Gasteiger partial charge >= 0.3 is 0 Å². The number of nitrogens with zero attached hydrogens (tertiary/aromatic N) is 2. The fourth-order valence-corrected chi connectivity index (χ4v) is 4.01. The topological polar surface area (TPSA) is 49.9 Å². The standard InChI is InChI=1S/C26H34N2O3/c1-19-11-12-23(18-22(19)4)26(30)28-14-7-13-27(15-16-28)24(29)10-6-17-31-25-20(2)8-5-9-21(25)3/h5,8-9,11-12,18H,6-7,10,13-17H2,1-4H3. The van der Waals surface area contributed by atoms with Crippen LogP contribution in [0.25, 0.3) is 0 Å². The predicted molar refractivity (Wildman–Crippen MR) is 124 cm³/mol. The second-order valence-electron chi connectivity index (χ2n) is 8.50. The quantitative estimate of drug-likeness (QED) is 0.646. The molecule has 2 aromatic rings. The largest absolute Gasteiger partial charge is 0.493 e. The smallest absolute Gasteiger partial charge is 0.253 e. The Morgan fingerprint density at radius 2 is 1.52 bits per heavy atom. The van der Waals surface area contributed by atoms with Crippen LogP contribution >= 0.6 is 0 Å². The molecule has 0 spiro atoms. The molecule has 3 rings (SSSR count). The van der Waals surface area contributed by atoms with E-state index in [2.05, 4.69) is 0 Å². The summed E-state index contributed by atoms with van der Waals surface area (Å²) >= 11 is 0. The third-order valence-corrected chi connectivity index (χ3v) is 6.08. The highest BCUT2D eigenvalue weighted by Crippen LogP contribution is 2.22. The van der Waals surface area contributed by atoms with Gasteiger partial charge in [0.05, 0.1) is 6.61 Å². The number of aryl methyl sites for hydroxylation is 4. The van der Waals surface area contributed by atoms with Gasteiger partial charge in [-0.05, 0) is 74.9 Å². The van der Waals surface area contributed by atoms with Crippen molar-refractivity contribution in [2.75, 3.05) is 32.8 Å². The van der Waals surface area contributed by atoms with Gasteiger partial charge in [-0.25, -0.2) is 0 Å². The molecule has 1 aliphatic rings. The van der Waals surface area contributed by atoms with E-state index in [-0.39, 0.29) is 11.8 Å². The molecular weight excluding hydrogens is 388 g/mol. The van der Waals surface area contributed by atoms with Gasteiger partial charge in [-0.2, -0.15) is 0 Å². The molecule has 1 saturated heterocycles. The number of carbonyl (C=O) groups excluding carboxylic acids is 2. The second-order valence-corrected chi connectivity index (χ2v) is 8.50. The maximum absolute atomic E-state index is 12.9. The van der Waals surface area contributed by atoms with E-state index in [1.165, 1.54) is 5.56 Å². The minimum absolute atomic E-state index is 0.0550. The Morgan fingerprint density at radius 3 is 2.23 bits per heavy atom. The lowest BCUT2D eigenvalue weighted by molar-refractivity contribution is -0.131. The van der Waals surface area contributed by atoms with E-state index in [9.17, 15) is 9.59 Å². The minimum Gasteiger partial charge on any atom is -0.493 e. The summed E-state index contributed by atoms with van der Waals surface area (Å²) < 4.78 is 5.92. The van der Waals surface area contributed by atoms with Crippen molar-refractivity contribution in [3.8, 4) is 5.75 Å². The number of ether oxygens (including phenoxy) is 1. The molecule has 0 saturated carbocycles. The summed E-state index contributed by atoms with van der Waals surface area (Å²) in [6, 6.07) is 12.0. The van der Waals surface area contributed by atoms with Crippen molar-refractivity contribution in [1.29, 1.82) is 0 Å². The van der Waals surface area contributed by atoms with Crippen molar-refractivity contribution in [2.24, 2.45) is 0 Å². The van der Waals surface area contributed by atoms with E-state index in [0.29, 0.717) is 45.6 Å². The van der Waals surface area contributed by atoms with Crippen LogP contribution in [0.2, 0.25) is 0 Å². The average Bonchev–Trinajstić information content (AvgIpc) is 3.00. The minimum atomic E-state index is 0.0550. The molecule has 0 N–H and O–H groups in total. The number of para-hydroxylation sites is 1. The second kappa shape index (κ2) is 10.5. The third-order valence-electron chi connectivity index (χ3n) is 6.08. The maximum Gasteiger partial charge on any atom is 0.253 e. The van der Waals surface area contributed by atoms with Gasteiger partial charge in [0.2, 0.25) is 5.91 Å².